The average molecular weight is 443 g/mol. The van der Waals surface area contributed by atoms with Crippen LogP contribution in [0.4, 0.5) is 0 Å². The highest BCUT2D eigenvalue weighted by Gasteiger charge is 2.45. The number of piperidine rings is 1. The van der Waals surface area contributed by atoms with Gasteiger partial charge in [-0.3, -0.25) is 4.90 Å². The van der Waals surface area contributed by atoms with Crippen molar-refractivity contribution in [1.82, 2.24) is 4.90 Å². The first-order valence-corrected chi connectivity index (χ1v) is 9.87. The molecule has 4 atom stereocenters. The van der Waals surface area contributed by atoms with Gasteiger partial charge in [-0.05, 0) is 49.9 Å². The van der Waals surface area contributed by atoms with Gasteiger partial charge in [0.15, 0.2) is 0 Å². The number of rotatable bonds is 5. The minimum Gasteiger partial charge on any atom is -0.478 e. The van der Waals surface area contributed by atoms with Gasteiger partial charge in [-0.15, -0.1) is 0 Å². The fraction of sp³-hybridized carbons (Fsp3) is 0.450. The van der Waals surface area contributed by atoms with E-state index in [0.29, 0.717) is 46.1 Å². The molecular weight excluding hydrogens is 419 g/mol. The zero-order valence-corrected chi connectivity index (χ0v) is 17.7. The van der Waals surface area contributed by atoms with Gasteiger partial charge < -0.3 is 15.1 Å². The van der Waals surface area contributed by atoms with Gasteiger partial charge in [-0.1, -0.05) is 34.4 Å². The highest BCUT2D eigenvalue weighted by molar-refractivity contribution is 6.42. The number of nitrogens with zero attached hydrogens (tertiary/aromatic N) is 2. The van der Waals surface area contributed by atoms with Crippen LogP contribution in [0.15, 0.2) is 35.5 Å². The molecule has 29 heavy (non-hydrogen) atoms. The van der Waals surface area contributed by atoms with Crippen molar-refractivity contribution >= 4 is 41.4 Å². The van der Waals surface area contributed by atoms with Crippen LogP contribution < -0.4 is 0 Å². The number of oxime groups is 1. The number of carboxylic acid groups (broad SMARTS) is 2. The Balaban J connectivity index is 0.000000321. The molecule has 0 aromatic heterocycles. The summed E-state index contributed by atoms with van der Waals surface area (Å²) < 4.78 is 0. The molecule has 0 spiro atoms. The molecule has 1 aromatic carbocycles. The van der Waals surface area contributed by atoms with E-state index < -0.39 is 11.9 Å². The van der Waals surface area contributed by atoms with Crippen molar-refractivity contribution in [2.45, 2.75) is 37.3 Å². The third-order valence-corrected chi connectivity index (χ3v) is 6.15. The van der Waals surface area contributed by atoms with Crippen molar-refractivity contribution in [2.24, 2.45) is 11.1 Å². The van der Waals surface area contributed by atoms with Crippen LogP contribution in [0.25, 0.3) is 0 Å². The first-order valence-electron chi connectivity index (χ1n) is 9.12. The fourth-order valence-electron chi connectivity index (χ4n) is 4.09. The van der Waals surface area contributed by atoms with Crippen molar-refractivity contribution in [2.75, 3.05) is 14.2 Å². The van der Waals surface area contributed by atoms with E-state index in [9.17, 15) is 9.59 Å². The van der Waals surface area contributed by atoms with E-state index in [0.717, 1.165) is 6.42 Å². The number of fused-ring (bicyclic) bond motifs is 2. The molecule has 2 aliphatic heterocycles. The predicted molar refractivity (Wildman–Crippen MR) is 112 cm³/mol. The van der Waals surface area contributed by atoms with E-state index in [1.54, 1.807) is 7.11 Å². The molecule has 2 bridgehead atoms. The summed E-state index contributed by atoms with van der Waals surface area (Å²) in [5.74, 6) is -1.74. The SMILES string of the molecule is CO/N=C/[C@@H]1[C@@H](c2ccc(Cl)c(Cl)c2)C[C@@H]2CC[C@H]1N2C.O=C(O)/C=C\C(=O)O. The van der Waals surface area contributed by atoms with Crippen molar-refractivity contribution in [1.29, 1.82) is 0 Å². The second-order valence-corrected chi connectivity index (χ2v) is 7.82. The second-order valence-electron chi connectivity index (χ2n) is 7.00. The summed E-state index contributed by atoms with van der Waals surface area (Å²) in [6, 6.07) is 7.18. The molecule has 0 radical (unpaired) electrons. The van der Waals surface area contributed by atoms with Crippen LogP contribution in [0.3, 0.4) is 0 Å². The van der Waals surface area contributed by atoms with E-state index in [1.165, 1.54) is 18.4 Å². The molecule has 7 nitrogen and oxygen atoms in total. The number of carboxylic acids is 2. The maximum atomic E-state index is 9.55. The lowest BCUT2D eigenvalue weighted by molar-refractivity contribution is -0.134. The highest BCUT2D eigenvalue weighted by atomic mass is 35.5. The summed E-state index contributed by atoms with van der Waals surface area (Å²) in [5, 5.41) is 20.9. The van der Waals surface area contributed by atoms with Crippen molar-refractivity contribution < 1.29 is 24.6 Å². The Morgan fingerprint density at radius 3 is 2.38 bits per heavy atom. The molecule has 0 aliphatic carbocycles. The lowest BCUT2D eigenvalue weighted by atomic mass is 9.77. The molecular formula is C20H24Cl2N2O5. The number of carbonyl (C=O) groups is 2. The van der Waals surface area contributed by atoms with E-state index in [4.69, 9.17) is 38.3 Å². The van der Waals surface area contributed by atoms with E-state index >= 15 is 0 Å². The van der Waals surface area contributed by atoms with E-state index in [2.05, 4.69) is 23.2 Å². The highest BCUT2D eigenvalue weighted by Crippen LogP contribution is 2.46. The molecule has 158 valence electrons. The van der Waals surface area contributed by atoms with Gasteiger partial charge in [0.05, 0.1) is 10.0 Å². The van der Waals surface area contributed by atoms with Gasteiger partial charge in [0.2, 0.25) is 0 Å². The summed E-state index contributed by atoms with van der Waals surface area (Å²) >= 11 is 12.2. The van der Waals surface area contributed by atoms with E-state index in [1.807, 2.05) is 18.3 Å². The molecule has 2 N–H and O–H groups in total. The molecule has 9 heteroatoms. The first kappa shape index (κ1) is 23.2. The summed E-state index contributed by atoms with van der Waals surface area (Å²) in [4.78, 5) is 26.5. The number of hydrogen-bond donors (Lipinski definition) is 2. The number of aliphatic carboxylic acids is 2. The van der Waals surface area contributed by atoms with Crippen LogP contribution in [0.5, 0.6) is 0 Å². The Morgan fingerprint density at radius 2 is 1.83 bits per heavy atom. The molecule has 2 saturated heterocycles. The molecule has 2 heterocycles. The molecule has 0 saturated carbocycles. The third-order valence-electron chi connectivity index (χ3n) is 5.41. The summed E-state index contributed by atoms with van der Waals surface area (Å²) in [7, 11) is 3.82. The van der Waals surface area contributed by atoms with Crippen LogP contribution >= 0.6 is 23.2 Å². The van der Waals surface area contributed by atoms with Crippen LogP contribution in [-0.2, 0) is 14.4 Å². The van der Waals surface area contributed by atoms with Gasteiger partial charge in [-0.2, -0.15) is 0 Å². The first-order chi connectivity index (χ1) is 13.7. The Hall–Kier alpha value is -2.09. The molecule has 0 unspecified atom stereocenters. The molecule has 1 aromatic rings. The Kier molecular flexibility index (Phi) is 8.49. The minimum absolute atomic E-state index is 0.353. The average Bonchev–Trinajstić information content (AvgIpc) is 2.91. The van der Waals surface area contributed by atoms with Crippen molar-refractivity contribution in [3.05, 3.63) is 46.0 Å². The molecule has 0 amide bonds. The Morgan fingerprint density at radius 1 is 1.17 bits per heavy atom. The maximum Gasteiger partial charge on any atom is 0.328 e. The zero-order valence-electron chi connectivity index (χ0n) is 16.2. The number of benzene rings is 1. The van der Waals surface area contributed by atoms with Crippen molar-refractivity contribution in [3.63, 3.8) is 0 Å². The van der Waals surface area contributed by atoms with Crippen LogP contribution in [0, 0.1) is 5.92 Å². The zero-order chi connectivity index (χ0) is 21.6. The number of halogens is 2. The van der Waals surface area contributed by atoms with Gasteiger partial charge in [0.1, 0.15) is 7.11 Å². The monoisotopic (exact) mass is 442 g/mol. The molecule has 2 aliphatic rings. The smallest absolute Gasteiger partial charge is 0.328 e. The quantitative estimate of drug-likeness (QED) is 0.407. The summed E-state index contributed by atoms with van der Waals surface area (Å²) in [6.45, 7) is 0. The van der Waals surface area contributed by atoms with Gasteiger partial charge in [-0.25, -0.2) is 9.59 Å². The summed E-state index contributed by atoms with van der Waals surface area (Å²) in [5.41, 5.74) is 1.25. The van der Waals surface area contributed by atoms with Crippen molar-refractivity contribution in [3.8, 4) is 0 Å². The standard InChI is InChI=1S/C16H20Cl2N2O.C4H4O4/c1-20-11-4-6-16(20)13(9-19-21-2)12(8-11)10-3-5-14(17)15(18)7-10;5-3(6)1-2-4(7)8/h3,5,7,9,11-13,16H,4,6,8H2,1-2H3;1-2H,(H,5,6)(H,7,8)/b19-9+;2-1-/t11-,12+,13+,16+;/m0./s1. The van der Waals surface area contributed by atoms with Gasteiger partial charge >= 0.3 is 11.9 Å². The minimum atomic E-state index is -1.26. The maximum absolute atomic E-state index is 9.55. The molecule has 2 fully saturated rings. The van der Waals surface area contributed by atoms with Gasteiger partial charge in [0, 0.05) is 36.4 Å². The summed E-state index contributed by atoms with van der Waals surface area (Å²) in [6.07, 6.45) is 6.70. The normalized spacial score (nSPS) is 26.3. The third kappa shape index (κ3) is 6.19. The Labute approximate surface area is 179 Å². The van der Waals surface area contributed by atoms with Crippen LogP contribution in [0.2, 0.25) is 10.0 Å². The topological polar surface area (TPSA) is 99.4 Å². The predicted octanol–water partition coefficient (Wildman–Crippen LogP) is 3.90. The second kappa shape index (κ2) is 10.6. The lowest BCUT2D eigenvalue weighted by Gasteiger charge is -2.41. The van der Waals surface area contributed by atoms with Crippen LogP contribution in [0.1, 0.15) is 30.7 Å². The molecule has 3 rings (SSSR count). The number of hydrogen-bond acceptors (Lipinski definition) is 5. The fourth-order valence-corrected chi connectivity index (χ4v) is 4.39. The van der Waals surface area contributed by atoms with E-state index in [-0.39, 0.29) is 0 Å². The van der Waals surface area contributed by atoms with Gasteiger partial charge in [0.25, 0.3) is 0 Å². The van der Waals surface area contributed by atoms with Crippen LogP contribution in [-0.4, -0.2) is 59.5 Å². The largest absolute Gasteiger partial charge is 0.478 e. The Bertz CT molecular complexity index is 783. The lowest BCUT2D eigenvalue weighted by Crippen LogP contribution is -2.46.